The summed E-state index contributed by atoms with van der Waals surface area (Å²) in [7, 11) is -3.27. The maximum atomic E-state index is 11.6. The predicted molar refractivity (Wildman–Crippen MR) is 52.8 cm³/mol. The molecule has 84 valence electrons. The normalized spacial score (nSPS) is 26.0. The fourth-order valence-electron chi connectivity index (χ4n) is 1.58. The Bertz CT molecular complexity index is 259. The summed E-state index contributed by atoms with van der Waals surface area (Å²) in [5.74, 6) is -0.337. The van der Waals surface area contributed by atoms with Gasteiger partial charge in [0.05, 0.1) is 23.7 Å². The first kappa shape index (κ1) is 11.9. The van der Waals surface area contributed by atoms with Crippen LogP contribution in [0, 0.1) is 0 Å². The van der Waals surface area contributed by atoms with Crippen molar-refractivity contribution in [3.05, 3.63) is 0 Å². The Kier molecular flexibility index (Phi) is 4.31. The van der Waals surface area contributed by atoms with Crippen molar-refractivity contribution in [2.45, 2.75) is 24.2 Å². The standard InChI is InChI=1S/C8H17NO4S/c10-5-7(11)6-14(12,13)8-2-1-3-9-4-8/h7-11H,1-6H2. The fraction of sp³-hybridized carbons (Fsp3) is 1.00. The zero-order valence-electron chi connectivity index (χ0n) is 8.02. The van der Waals surface area contributed by atoms with Crippen molar-refractivity contribution in [2.75, 3.05) is 25.4 Å². The monoisotopic (exact) mass is 223 g/mol. The lowest BCUT2D eigenvalue weighted by molar-refractivity contribution is 0.112. The predicted octanol–water partition coefficient (Wildman–Crippen LogP) is -1.49. The van der Waals surface area contributed by atoms with Crippen LogP contribution in [-0.2, 0) is 9.84 Å². The van der Waals surface area contributed by atoms with Gasteiger partial charge in [-0.05, 0) is 19.4 Å². The van der Waals surface area contributed by atoms with Gasteiger partial charge in [0.25, 0.3) is 0 Å². The molecule has 0 aromatic carbocycles. The van der Waals surface area contributed by atoms with Crippen LogP contribution < -0.4 is 5.32 Å². The lowest BCUT2D eigenvalue weighted by Crippen LogP contribution is -2.42. The Labute approximate surface area is 84.1 Å². The van der Waals surface area contributed by atoms with Crippen LogP contribution >= 0.6 is 0 Å². The Morgan fingerprint density at radius 2 is 2.21 bits per heavy atom. The van der Waals surface area contributed by atoms with Crippen LogP contribution in [0.4, 0.5) is 0 Å². The van der Waals surface area contributed by atoms with Crippen molar-refractivity contribution < 1.29 is 18.6 Å². The highest BCUT2D eigenvalue weighted by molar-refractivity contribution is 7.92. The highest BCUT2D eigenvalue weighted by atomic mass is 32.2. The number of nitrogens with one attached hydrogen (secondary N) is 1. The summed E-state index contributed by atoms with van der Waals surface area (Å²) in [4.78, 5) is 0. The number of hydrogen-bond donors (Lipinski definition) is 3. The molecule has 0 bridgehead atoms. The first-order chi connectivity index (χ1) is 6.56. The van der Waals surface area contributed by atoms with Gasteiger partial charge in [-0.25, -0.2) is 8.42 Å². The van der Waals surface area contributed by atoms with E-state index < -0.39 is 27.8 Å². The molecule has 0 spiro atoms. The minimum absolute atomic E-state index is 0.337. The van der Waals surface area contributed by atoms with Gasteiger partial charge in [0.15, 0.2) is 9.84 Å². The van der Waals surface area contributed by atoms with Crippen LogP contribution in [-0.4, -0.2) is 55.4 Å². The highest BCUT2D eigenvalue weighted by Crippen LogP contribution is 2.13. The van der Waals surface area contributed by atoms with Crippen LogP contribution in [0.15, 0.2) is 0 Å². The zero-order chi connectivity index (χ0) is 10.6. The van der Waals surface area contributed by atoms with Crippen molar-refractivity contribution in [1.82, 2.24) is 5.32 Å². The smallest absolute Gasteiger partial charge is 0.157 e. The van der Waals surface area contributed by atoms with Crippen LogP contribution in [0.2, 0.25) is 0 Å². The number of rotatable bonds is 4. The van der Waals surface area contributed by atoms with Crippen LogP contribution in [0.5, 0.6) is 0 Å². The molecule has 3 N–H and O–H groups in total. The third kappa shape index (κ3) is 3.20. The SMILES string of the molecule is O=S(=O)(CC(O)CO)C1CCCNC1. The number of sulfone groups is 1. The molecule has 1 aliphatic heterocycles. The van der Waals surface area contributed by atoms with E-state index in [1.54, 1.807) is 0 Å². The molecule has 1 heterocycles. The molecule has 1 rings (SSSR count). The fourth-order valence-corrected chi connectivity index (χ4v) is 3.39. The summed E-state index contributed by atoms with van der Waals surface area (Å²) >= 11 is 0. The summed E-state index contributed by atoms with van der Waals surface area (Å²) in [6.07, 6.45) is 0.342. The largest absolute Gasteiger partial charge is 0.394 e. The summed E-state index contributed by atoms with van der Waals surface area (Å²) in [5, 5.41) is 20.2. The molecule has 14 heavy (non-hydrogen) atoms. The van der Waals surface area contributed by atoms with Crippen molar-refractivity contribution in [3.63, 3.8) is 0 Å². The van der Waals surface area contributed by atoms with E-state index in [1.165, 1.54) is 0 Å². The second-order valence-electron chi connectivity index (χ2n) is 3.63. The van der Waals surface area contributed by atoms with E-state index in [9.17, 15) is 8.42 Å². The zero-order valence-corrected chi connectivity index (χ0v) is 8.83. The maximum absolute atomic E-state index is 11.6. The second-order valence-corrected chi connectivity index (χ2v) is 5.96. The highest BCUT2D eigenvalue weighted by Gasteiger charge is 2.28. The summed E-state index contributed by atoms with van der Waals surface area (Å²) < 4.78 is 23.3. The van der Waals surface area contributed by atoms with E-state index in [0.29, 0.717) is 13.0 Å². The first-order valence-corrected chi connectivity index (χ1v) is 6.49. The molecule has 0 aromatic heterocycles. The minimum atomic E-state index is -3.27. The van der Waals surface area contributed by atoms with Crippen LogP contribution in [0.3, 0.4) is 0 Å². The lowest BCUT2D eigenvalue weighted by Gasteiger charge is -2.23. The maximum Gasteiger partial charge on any atom is 0.157 e. The van der Waals surface area contributed by atoms with Gasteiger partial charge >= 0.3 is 0 Å². The van der Waals surface area contributed by atoms with E-state index in [0.717, 1.165) is 13.0 Å². The number of piperidine rings is 1. The molecular formula is C8H17NO4S. The summed E-state index contributed by atoms with van der Waals surface area (Å²) in [6.45, 7) is 0.814. The van der Waals surface area contributed by atoms with Gasteiger partial charge < -0.3 is 15.5 Å². The first-order valence-electron chi connectivity index (χ1n) is 4.77. The van der Waals surface area contributed by atoms with Gasteiger partial charge in [0.2, 0.25) is 0 Å². The molecule has 2 unspecified atom stereocenters. The Morgan fingerprint density at radius 1 is 1.50 bits per heavy atom. The second kappa shape index (κ2) is 5.06. The molecule has 0 amide bonds. The van der Waals surface area contributed by atoms with E-state index in [2.05, 4.69) is 5.32 Å². The van der Waals surface area contributed by atoms with Crippen molar-refractivity contribution >= 4 is 9.84 Å². The average Bonchev–Trinajstić information content (AvgIpc) is 2.18. The number of aliphatic hydroxyl groups excluding tert-OH is 2. The summed E-state index contributed by atoms with van der Waals surface area (Å²) in [5.41, 5.74) is 0. The van der Waals surface area contributed by atoms with Gasteiger partial charge in [0, 0.05) is 6.54 Å². The van der Waals surface area contributed by atoms with E-state index in [-0.39, 0.29) is 5.75 Å². The molecule has 1 fully saturated rings. The molecule has 2 atom stereocenters. The Morgan fingerprint density at radius 3 is 2.71 bits per heavy atom. The Balaban J connectivity index is 2.54. The topological polar surface area (TPSA) is 86.6 Å². The summed E-state index contributed by atoms with van der Waals surface area (Å²) in [6, 6.07) is 0. The van der Waals surface area contributed by atoms with Gasteiger partial charge in [-0.1, -0.05) is 0 Å². The average molecular weight is 223 g/mol. The lowest BCUT2D eigenvalue weighted by atomic mass is 10.2. The van der Waals surface area contributed by atoms with E-state index in [4.69, 9.17) is 10.2 Å². The Hall–Kier alpha value is -0.170. The van der Waals surface area contributed by atoms with E-state index >= 15 is 0 Å². The van der Waals surface area contributed by atoms with Gasteiger partial charge in [-0.15, -0.1) is 0 Å². The molecule has 0 radical (unpaired) electrons. The van der Waals surface area contributed by atoms with Gasteiger partial charge in [-0.3, -0.25) is 0 Å². The molecule has 6 heteroatoms. The molecule has 5 nitrogen and oxygen atoms in total. The molecular weight excluding hydrogens is 206 g/mol. The van der Waals surface area contributed by atoms with Crippen LogP contribution in [0.25, 0.3) is 0 Å². The molecule has 0 aromatic rings. The van der Waals surface area contributed by atoms with Gasteiger partial charge in [-0.2, -0.15) is 0 Å². The quantitative estimate of drug-likeness (QED) is 0.540. The molecule has 0 saturated carbocycles. The van der Waals surface area contributed by atoms with E-state index in [1.807, 2.05) is 0 Å². The third-order valence-corrected chi connectivity index (χ3v) is 4.66. The molecule has 0 aliphatic carbocycles. The number of hydrogen-bond acceptors (Lipinski definition) is 5. The molecule has 1 aliphatic rings. The van der Waals surface area contributed by atoms with Crippen LogP contribution in [0.1, 0.15) is 12.8 Å². The number of aliphatic hydroxyl groups is 2. The van der Waals surface area contributed by atoms with Crippen molar-refractivity contribution in [1.29, 1.82) is 0 Å². The third-order valence-electron chi connectivity index (χ3n) is 2.39. The molecule has 1 saturated heterocycles. The minimum Gasteiger partial charge on any atom is -0.394 e. The van der Waals surface area contributed by atoms with Gasteiger partial charge in [0.1, 0.15) is 0 Å². The van der Waals surface area contributed by atoms with Crippen molar-refractivity contribution in [3.8, 4) is 0 Å². The van der Waals surface area contributed by atoms with Crippen molar-refractivity contribution in [2.24, 2.45) is 0 Å².